The average molecular weight is 303 g/mol. The maximum Gasteiger partial charge on any atom is 0.0647 e. The van der Waals surface area contributed by atoms with Crippen LogP contribution in [-0.4, -0.2) is 13.1 Å². The minimum atomic E-state index is 0.970. The molecule has 92 valence electrons. The topological polar surface area (TPSA) is 15.3 Å². The lowest BCUT2D eigenvalue weighted by Crippen LogP contribution is -2.30. The van der Waals surface area contributed by atoms with Crippen LogP contribution in [0.25, 0.3) is 0 Å². The Morgan fingerprint density at radius 2 is 1.89 bits per heavy atom. The second-order valence-electron chi connectivity index (χ2n) is 4.58. The summed E-state index contributed by atoms with van der Waals surface area (Å²) < 4.78 is 1.11. The van der Waals surface area contributed by atoms with Gasteiger partial charge in [0.1, 0.15) is 0 Å². The fourth-order valence-corrected chi connectivity index (χ4v) is 2.66. The van der Waals surface area contributed by atoms with Crippen molar-refractivity contribution in [3.8, 4) is 0 Å². The van der Waals surface area contributed by atoms with E-state index in [1.54, 1.807) is 0 Å². The Labute approximate surface area is 116 Å². The molecule has 0 fully saturated rings. The Morgan fingerprint density at radius 1 is 1.11 bits per heavy atom. The summed E-state index contributed by atoms with van der Waals surface area (Å²) in [7, 11) is 0. The van der Waals surface area contributed by atoms with Crippen LogP contribution in [0.5, 0.6) is 0 Å². The fourth-order valence-electron chi connectivity index (χ4n) is 2.30. The van der Waals surface area contributed by atoms with Gasteiger partial charge in [0.15, 0.2) is 0 Å². The van der Waals surface area contributed by atoms with Crippen molar-refractivity contribution in [1.29, 1.82) is 0 Å². The summed E-state index contributed by atoms with van der Waals surface area (Å²) in [4.78, 5) is 2.36. The summed E-state index contributed by atoms with van der Waals surface area (Å²) in [6.07, 6.45) is 0. The molecule has 18 heavy (non-hydrogen) atoms. The molecule has 0 unspecified atom stereocenters. The van der Waals surface area contributed by atoms with Crippen LogP contribution in [0.4, 0.5) is 17.1 Å². The number of nitrogens with one attached hydrogen (secondary N) is 1. The number of hydrogen-bond donors (Lipinski definition) is 1. The Hall–Kier alpha value is -1.48. The molecule has 0 aliphatic carbocycles. The summed E-state index contributed by atoms with van der Waals surface area (Å²) in [5.41, 5.74) is 4.99. The molecule has 0 bridgehead atoms. The summed E-state index contributed by atoms with van der Waals surface area (Å²) in [5, 5.41) is 3.44. The van der Waals surface area contributed by atoms with Crippen LogP contribution in [0, 0.1) is 6.92 Å². The van der Waals surface area contributed by atoms with Crippen LogP contribution in [0.3, 0.4) is 0 Å². The van der Waals surface area contributed by atoms with E-state index in [0.29, 0.717) is 0 Å². The van der Waals surface area contributed by atoms with E-state index < -0.39 is 0 Å². The van der Waals surface area contributed by atoms with Crippen molar-refractivity contribution in [3.05, 3.63) is 52.5 Å². The average Bonchev–Trinajstić information content (AvgIpc) is 2.38. The quantitative estimate of drug-likeness (QED) is 0.844. The van der Waals surface area contributed by atoms with Crippen molar-refractivity contribution in [1.82, 2.24) is 0 Å². The number of hydrogen-bond acceptors (Lipinski definition) is 2. The lowest BCUT2D eigenvalue weighted by Gasteiger charge is -2.32. The largest absolute Gasteiger partial charge is 0.382 e. The van der Waals surface area contributed by atoms with Gasteiger partial charge in [0.05, 0.1) is 11.4 Å². The zero-order valence-corrected chi connectivity index (χ0v) is 11.9. The predicted molar refractivity (Wildman–Crippen MR) is 80.8 cm³/mol. The zero-order chi connectivity index (χ0) is 12.5. The highest BCUT2D eigenvalue weighted by Gasteiger charge is 2.17. The number of anilines is 3. The molecular weight excluding hydrogens is 288 g/mol. The number of aryl methyl sites for hydroxylation is 1. The van der Waals surface area contributed by atoms with E-state index in [2.05, 4.69) is 75.5 Å². The molecule has 0 radical (unpaired) electrons. The molecule has 1 heterocycles. The first-order valence-electron chi connectivity index (χ1n) is 6.12. The van der Waals surface area contributed by atoms with Crippen molar-refractivity contribution >= 4 is 33.0 Å². The van der Waals surface area contributed by atoms with E-state index in [1.807, 2.05) is 0 Å². The highest BCUT2D eigenvalue weighted by Crippen LogP contribution is 2.36. The highest BCUT2D eigenvalue weighted by atomic mass is 79.9. The Balaban J connectivity index is 2.03. The second-order valence-corrected chi connectivity index (χ2v) is 5.49. The lowest BCUT2D eigenvalue weighted by molar-refractivity contribution is 0.926. The normalized spacial score (nSPS) is 14.0. The van der Waals surface area contributed by atoms with Crippen molar-refractivity contribution in [2.45, 2.75) is 6.92 Å². The Bertz CT molecular complexity index is 563. The second kappa shape index (κ2) is 4.65. The van der Waals surface area contributed by atoms with Gasteiger partial charge in [0.25, 0.3) is 0 Å². The fraction of sp³-hybridized carbons (Fsp3) is 0.200. The van der Waals surface area contributed by atoms with E-state index >= 15 is 0 Å². The third-order valence-electron chi connectivity index (χ3n) is 3.25. The molecule has 1 N–H and O–H groups in total. The minimum Gasteiger partial charge on any atom is -0.382 e. The first kappa shape index (κ1) is 11.6. The number of nitrogens with zero attached hydrogens (tertiary/aromatic N) is 1. The van der Waals surface area contributed by atoms with Gasteiger partial charge in [0.2, 0.25) is 0 Å². The van der Waals surface area contributed by atoms with E-state index in [1.165, 1.54) is 22.6 Å². The Kier molecular flexibility index (Phi) is 3.00. The number of benzene rings is 2. The monoisotopic (exact) mass is 302 g/mol. The van der Waals surface area contributed by atoms with Crippen LogP contribution in [0.2, 0.25) is 0 Å². The predicted octanol–water partition coefficient (Wildman–Crippen LogP) is 4.32. The Morgan fingerprint density at radius 3 is 2.67 bits per heavy atom. The SMILES string of the molecule is Cc1ccc(N2CCNc3cc(Br)ccc32)cc1. The summed E-state index contributed by atoms with van der Waals surface area (Å²) in [6.45, 7) is 4.08. The van der Waals surface area contributed by atoms with Crippen LogP contribution in [-0.2, 0) is 0 Å². The van der Waals surface area contributed by atoms with Crippen LogP contribution in [0.15, 0.2) is 46.9 Å². The van der Waals surface area contributed by atoms with Gasteiger partial charge >= 0.3 is 0 Å². The van der Waals surface area contributed by atoms with E-state index in [-0.39, 0.29) is 0 Å². The van der Waals surface area contributed by atoms with Crippen molar-refractivity contribution in [2.75, 3.05) is 23.3 Å². The first-order chi connectivity index (χ1) is 8.74. The molecule has 0 saturated carbocycles. The minimum absolute atomic E-state index is 0.970. The van der Waals surface area contributed by atoms with Gasteiger partial charge in [-0.1, -0.05) is 33.6 Å². The van der Waals surface area contributed by atoms with Gasteiger partial charge in [-0.05, 0) is 37.3 Å². The molecule has 2 aromatic carbocycles. The number of fused-ring (bicyclic) bond motifs is 1. The molecule has 0 spiro atoms. The van der Waals surface area contributed by atoms with Gasteiger partial charge in [0, 0.05) is 23.2 Å². The summed E-state index contributed by atoms with van der Waals surface area (Å²) in [6, 6.07) is 15.1. The van der Waals surface area contributed by atoms with Gasteiger partial charge in [-0.15, -0.1) is 0 Å². The third-order valence-corrected chi connectivity index (χ3v) is 3.74. The van der Waals surface area contributed by atoms with E-state index in [4.69, 9.17) is 0 Å². The zero-order valence-electron chi connectivity index (χ0n) is 10.3. The van der Waals surface area contributed by atoms with E-state index in [0.717, 1.165) is 17.6 Å². The van der Waals surface area contributed by atoms with Crippen LogP contribution in [0.1, 0.15) is 5.56 Å². The van der Waals surface area contributed by atoms with Crippen molar-refractivity contribution in [3.63, 3.8) is 0 Å². The molecule has 1 aliphatic heterocycles. The van der Waals surface area contributed by atoms with Gasteiger partial charge < -0.3 is 10.2 Å². The maximum absolute atomic E-state index is 3.52. The van der Waals surface area contributed by atoms with E-state index in [9.17, 15) is 0 Å². The summed E-state index contributed by atoms with van der Waals surface area (Å²) in [5.74, 6) is 0. The van der Waals surface area contributed by atoms with Crippen LogP contribution < -0.4 is 10.2 Å². The highest BCUT2D eigenvalue weighted by molar-refractivity contribution is 9.10. The summed E-state index contributed by atoms with van der Waals surface area (Å²) >= 11 is 3.52. The van der Waals surface area contributed by atoms with Gasteiger partial charge in [-0.2, -0.15) is 0 Å². The molecule has 3 rings (SSSR count). The smallest absolute Gasteiger partial charge is 0.0647 e. The standard InChI is InChI=1S/C15H15BrN2/c1-11-2-5-13(6-3-11)18-9-8-17-14-10-12(16)4-7-15(14)18/h2-7,10,17H,8-9H2,1H3. The third kappa shape index (κ3) is 2.10. The molecule has 1 aliphatic rings. The molecule has 0 saturated heterocycles. The maximum atomic E-state index is 3.52. The van der Waals surface area contributed by atoms with Gasteiger partial charge in [-0.25, -0.2) is 0 Å². The van der Waals surface area contributed by atoms with Crippen molar-refractivity contribution in [2.24, 2.45) is 0 Å². The molecular formula is C15H15BrN2. The number of halogens is 1. The molecule has 2 nitrogen and oxygen atoms in total. The lowest BCUT2D eigenvalue weighted by atomic mass is 10.1. The molecule has 2 aromatic rings. The van der Waals surface area contributed by atoms with Gasteiger partial charge in [-0.3, -0.25) is 0 Å². The van der Waals surface area contributed by atoms with Crippen molar-refractivity contribution < 1.29 is 0 Å². The molecule has 0 aromatic heterocycles. The molecule has 3 heteroatoms. The van der Waals surface area contributed by atoms with Crippen LogP contribution >= 0.6 is 15.9 Å². The first-order valence-corrected chi connectivity index (χ1v) is 6.91. The molecule has 0 amide bonds. The molecule has 0 atom stereocenters. The number of rotatable bonds is 1.